The Balaban J connectivity index is 1.37. The summed E-state index contributed by atoms with van der Waals surface area (Å²) in [6, 6.07) is 23.2. The number of rotatable bonds is 5. The van der Waals surface area contributed by atoms with E-state index >= 15 is 0 Å². The molecule has 0 aliphatic carbocycles. The summed E-state index contributed by atoms with van der Waals surface area (Å²) in [5.74, 6) is 1.78. The molecule has 1 aliphatic heterocycles. The molecule has 1 aromatic heterocycles. The van der Waals surface area contributed by atoms with Gasteiger partial charge in [0.15, 0.2) is 0 Å². The van der Waals surface area contributed by atoms with Crippen LogP contribution in [0.3, 0.4) is 0 Å². The maximum absolute atomic E-state index is 6.18. The third-order valence-corrected chi connectivity index (χ3v) is 6.20. The molecular weight excluding hydrogens is 384 g/mol. The molecule has 5 rings (SSSR count). The summed E-state index contributed by atoms with van der Waals surface area (Å²) < 4.78 is 8.28. The van der Waals surface area contributed by atoms with Crippen molar-refractivity contribution in [1.29, 1.82) is 0 Å². The van der Waals surface area contributed by atoms with Crippen LogP contribution in [-0.2, 0) is 13.7 Å². The highest BCUT2D eigenvalue weighted by molar-refractivity contribution is 5.95. The van der Waals surface area contributed by atoms with Crippen molar-refractivity contribution in [2.24, 2.45) is 7.05 Å². The first-order chi connectivity index (χ1) is 15.2. The standard InChI is InChI=1S/C26H28N4O/c1-28-13-15-30(16-14-28)24-10-6-9-20-11-12-22(17-23(20)24)31-19-26-27-18-25(29(26)2)21-7-4-3-5-8-21/h3-12,17-18H,13-16,19H2,1-2H3. The minimum absolute atomic E-state index is 0.436. The second-order valence-electron chi connectivity index (χ2n) is 8.22. The minimum Gasteiger partial charge on any atom is -0.486 e. The molecule has 31 heavy (non-hydrogen) atoms. The first-order valence-electron chi connectivity index (χ1n) is 10.8. The van der Waals surface area contributed by atoms with Crippen LogP contribution >= 0.6 is 0 Å². The Hall–Kier alpha value is -3.31. The van der Waals surface area contributed by atoms with Gasteiger partial charge >= 0.3 is 0 Å². The van der Waals surface area contributed by atoms with E-state index in [0.717, 1.165) is 49.0 Å². The lowest BCUT2D eigenvalue weighted by atomic mass is 10.1. The predicted molar refractivity (Wildman–Crippen MR) is 127 cm³/mol. The smallest absolute Gasteiger partial charge is 0.146 e. The van der Waals surface area contributed by atoms with E-state index in [0.29, 0.717) is 6.61 Å². The molecule has 4 aromatic rings. The number of anilines is 1. The van der Waals surface area contributed by atoms with Crippen molar-refractivity contribution >= 4 is 16.5 Å². The van der Waals surface area contributed by atoms with Crippen molar-refractivity contribution in [3.05, 3.63) is 78.8 Å². The SMILES string of the molecule is CN1CCN(c2cccc3ccc(OCc4ncc(-c5ccccc5)n4C)cc23)CC1. The van der Waals surface area contributed by atoms with Crippen LogP contribution in [0.25, 0.3) is 22.0 Å². The number of imidazole rings is 1. The fourth-order valence-corrected chi connectivity index (χ4v) is 4.26. The van der Waals surface area contributed by atoms with Gasteiger partial charge in [0.05, 0.1) is 11.9 Å². The molecule has 3 aromatic carbocycles. The number of benzene rings is 3. The van der Waals surface area contributed by atoms with E-state index < -0.39 is 0 Å². The number of aromatic nitrogens is 2. The maximum atomic E-state index is 6.18. The first-order valence-corrected chi connectivity index (χ1v) is 10.8. The Morgan fingerprint density at radius 3 is 2.48 bits per heavy atom. The minimum atomic E-state index is 0.436. The summed E-state index contributed by atoms with van der Waals surface area (Å²) in [7, 11) is 4.23. The number of piperazine rings is 1. The van der Waals surface area contributed by atoms with Crippen LogP contribution in [0.1, 0.15) is 5.82 Å². The van der Waals surface area contributed by atoms with Gasteiger partial charge in [-0.25, -0.2) is 4.98 Å². The molecule has 5 nitrogen and oxygen atoms in total. The Labute approximate surface area is 183 Å². The van der Waals surface area contributed by atoms with Gasteiger partial charge in [0.1, 0.15) is 18.2 Å². The van der Waals surface area contributed by atoms with Gasteiger partial charge in [-0.1, -0.05) is 48.5 Å². The van der Waals surface area contributed by atoms with Gasteiger partial charge in [-0.2, -0.15) is 0 Å². The van der Waals surface area contributed by atoms with E-state index in [9.17, 15) is 0 Å². The summed E-state index contributed by atoms with van der Waals surface area (Å²) in [6.07, 6.45) is 1.92. The highest BCUT2D eigenvalue weighted by Gasteiger charge is 2.16. The maximum Gasteiger partial charge on any atom is 0.146 e. The summed E-state index contributed by atoms with van der Waals surface area (Å²) in [5.41, 5.74) is 3.54. The summed E-state index contributed by atoms with van der Waals surface area (Å²) in [5, 5.41) is 2.49. The normalized spacial score (nSPS) is 14.8. The monoisotopic (exact) mass is 412 g/mol. The molecule has 1 fully saturated rings. The Morgan fingerprint density at radius 2 is 1.68 bits per heavy atom. The summed E-state index contributed by atoms with van der Waals surface area (Å²) in [4.78, 5) is 9.46. The molecule has 2 heterocycles. The lowest BCUT2D eigenvalue weighted by Gasteiger charge is -2.34. The van der Waals surface area contributed by atoms with Gasteiger partial charge in [0, 0.05) is 44.3 Å². The van der Waals surface area contributed by atoms with Gasteiger partial charge in [-0.3, -0.25) is 0 Å². The Kier molecular flexibility index (Phi) is 5.35. The molecule has 158 valence electrons. The number of ether oxygens (including phenoxy) is 1. The molecule has 0 amide bonds. The van der Waals surface area contributed by atoms with E-state index in [1.165, 1.54) is 16.5 Å². The van der Waals surface area contributed by atoms with Gasteiger partial charge in [-0.05, 0) is 36.2 Å². The molecule has 0 atom stereocenters. The van der Waals surface area contributed by atoms with Crippen LogP contribution in [0.2, 0.25) is 0 Å². The topological polar surface area (TPSA) is 33.5 Å². The van der Waals surface area contributed by atoms with E-state index in [1.807, 2.05) is 31.4 Å². The van der Waals surface area contributed by atoms with Crippen molar-refractivity contribution in [2.45, 2.75) is 6.61 Å². The third-order valence-electron chi connectivity index (χ3n) is 6.20. The molecule has 1 aliphatic rings. The molecule has 1 saturated heterocycles. The number of hydrogen-bond acceptors (Lipinski definition) is 4. The van der Waals surface area contributed by atoms with Gasteiger partial charge < -0.3 is 19.1 Å². The molecule has 0 saturated carbocycles. The van der Waals surface area contributed by atoms with Crippen molar-refractivity contribution in [3.8, 4) is 17.0 Å². The van der Waals surface area contributed by atoms with Crippen LogP contribution in [-0.4, -0.2) is 47.7 Å². The molecule has 0 radical (unpaired) electrons. The average Bonchev–Trinajstić information content (AvgIpc) is 3.18. The molecule has 5 heteroatoms. The molecule has 0 spiro atoms. The van der Waals surface area contributed by atoms with Crippen molar-refractivity contribution in [1.82, 2.24) is 14.5 Å². The molecule has 0 N–H and O–H groups in total. The molecular formula is C26H28N4O. The number of nitrogens with zero attached hydrogens (tertiary/aromatic N) is 4. The quantitative estimate of drug-likeness (QED) is 0.481. The highest BCUT2D eigenvalue weighted by atomic mass is 16.5. The molecule has 0 unspecified atom stereocenters. The third kappa shape index (κ3) is 4.01. The van der Waals surface area contributed by atoms with Crippen LogP contribution in [0.5, 0.6) is 5.75 Å². The van der Waals surface area contributed by atoms with Crippen LogP contribution in [0.4, 0.5) is 5.69 Å². The van der Waals surface area contributed by atoms with E-state index in [4.69, 9.17) is 4.74 Å². The summed E-state index contributed by atoms with van der Waals surface area (Å²) >= 11 is 0. The second-order valence-corrected chi connectivity index (χ2v) is 8.22. The lowest BCUT2D eigenvalue weighted by Crippen LogP contribution is -2.44. The number of fused-ring (bicyclic) bond motifs is 1. The van der Waals surface area contributed by atoms with Crippen molar-refractivity contribution in [2.75, 3.05) is 38.1 Å². The van der Waals surface area contributed by atoms with E-state index in [1.54, 1.807) is 0 Å². The number of hydrogen-bond donors (Lipinski definition) is 0. The zero-order valence-corrected chi connectivity index (χ0v) is 18.2. The largest absolute Gasteiger partial charge is 0.486 e. The predicted octanol–water partition coefficient (Wildman–Crippen LogP) is 4.57. The Bertz CT molecular complexity index is 1180. The van der Waals surface area contributed by atoms with Gasteiger partial charge in [-0.15, -0.1) is 0 Å². The zero-order chi connectivity index (χ0) is 21.2. The van der Waals surface area contributed by atoms with Crippen molar-refractivity contribution in [3.63, 3.8) is 0 Å². The molecule has 0 bridgehead atoms. The number of likely N-dealkylation sites (N-methyl/N-ethyl adjacent to an activating group) is 1. The van der Waals surface area contributed by atoms with Crippen molar-refractivity contribution < 1.29 is 4.74 Å². The zero-order valence-electron chi connectivity index (χ0n) is 18.2. The Morgan fingerprint density at radius 1 is 0.871 bits per heavy atom. The van der Waals surface area contributed by atoms with E-state index in [-0.39, 0.29) is 0 Å². The van der Waals surface area contributed by atoms with Crippen LogP contribution in [0.15, 0.2) is 72.9 Å². The highest BCUT2D eigenvalue weighted by Crippen LogP contribution is 2.31. The summed E-state index contributed by atoms with van der Waals surface area (Å²) in [6.45, 7) is 4.73. The first kappa shape index (κ1) is 19.6. The fourth-order valence-electron chi connectivity index (χ4n) is 4.26. The van der Waals surface area contributed by atoms with Crippen LogP contribution < -0.4 is 9.64 Å². The van der Waals surface area contributed by atoms with Gasteiger partial charge in [0.2, 0.25) is 0 Å². The van der Waals surface area contributed by atoms with E-state index in [2.05, 4.69) is 74.9 Å². The lowest BCUT2D eigenvalue weighted by molar-refractivity contribution is 0.292. The van der Waals surface area contributed by atoms with Gasteiger partial charge in [0.25, 0.3) is 0 Å². The van der Waals surface area contributed by atoms with Crippen LogP contribution in [0, 0.1) is 0 Å². The fraction of sp³-hybridized carbons (Fsp3) is 0.269. The average molecular weight is 413 g/mol. The second kappa shape index (κ2) is 8.44.